The lowest BCUT2D eigenvalue weighted by Crippen LogP contribution is -1.99. The zero-order valence-electron chi connectivity index (χ0n) is 10.9. The van der Waals surface area contributed by atoms with E-state index in [2.05, 4.69) is 39.8 Å². The van der Waals surface area contributed by atoms with Crippen LogP contribution in [-0.2, 0) is 6.42 Å². The molecule has 0 atom stereocenters. The highest BCUT2D eigenvalue weighted by atomic mass is 14.2. The van der Waals surface area contributed by atoms with Gasteiger partial charge in [-0.2, -0.15) is 5.26 Å². The maximum atomic E-state index is 8.51. The Kier molecular flexibility index (Phi) is 4.55. The highest BCUT2D eigenvalue weighted by Crippen LogP contribution is 2.23. The lowest BCUT2D eigenvalue weighted by atomic mass is 9.91. The number of aryl methyl sites for hydroxylation is 2. The van der Waals surface area contributed by atoms with Crippen molar-refractivity contribution >= 4 is 0 Å². The fraction of sp³-hybridized carbons (Fsp3) is 0.533. The minimum atomic E-state index is 0.683. The first-order chi connectivity index (χ1) is 7.57. The summed E-state index contributed by atoms with van der Waals surface area (Å²) in [6.45, 7) is 8.78. The van der Waals surface area contributed by atoms with E-state index < -0.39 is 0 Å². The first kappa shape index (κ1) is 12.8. The summed E-state index contributed by atoms with van der Waals surface area (Å²) in [4.78, 5) is 0. The van der Waals surface area contributed by atoms with Gasteiger partial charge in [0.15, 0.2) is 0 Å². The SMILES string of the molecule is Cc1cc(C)c(C)c(CCCCC#N)c1C. The van der Waals surface area contributed by atoms with Crippen LogP contribution in [0.4, 0.5) is 0 Å². The van der Waals surface area contributed by atoms with Crippen LogP contribution in [0.5, 0.6) is 0 Å². The van der Waals surface area contributed by atoms with E-state index in [9.17, 15) is 0 Å². The highest BCUT2D eigenvalue weighted by Gasteiger charge is 2.07. The van der Waals surface area contributed by atoms with Crippen molar-refractivity contribution < 1.29 is 0 Å². The van der Waals surface area contributed by atoms with E-state index >= 15 is 0 Å². The second-order valence-electron chi connectivity index (χ2n) is 4.60. The van der Waals surface area contributed by atoms with Crippen LogP contribution in [0.15, 0.2) is 6.07 Å². The molecular formula is C15H21N. The van der Waals surface area contributed by atoms with Gasteiger partial charge in [-0.05, 0) is 74.8 Å². The molecular weight excluding hydrogens is 194 g/mol. The molecule has 0 N–H and O–H groups in total. The van der Waals surface area contributed by atoms with Gasteiger partial charge in [-0.3, -0.25) is 0 Å². The van der Waals surface area contributed by atoms with Crippen molar-refractivity contribution in [3.63, 3.8) is 0 Å². The molecule has 1 heteroatoms. The number of unbranched alkanes of at least 4 members (excludes halogenated alkanes) is 2. The molecule has 1 aromatic rings. The Bertz CT molecular complexity index is 384. The third-order valence-electron chi connectivity index (χ3n) is 3.49. The van der Waals surface area contributed by atoms with Gasteiger partial charge < -0.3 is 0 Å². The van der Waals surface area contributed by atoms with E-state index in [0.717, 1.165) is 19.3 Å². The average Bonchev–Trinajstić information content (AvgIpc) is 2.25. The average molecular weight is 215 g/mol. The molecule has 0 saturated carbocycles. The molecule has 0 fully saturated rings. The Labute approximate surface area is 99.1 Å². The van der Waals surface area contributed by atoms with Crippen LogP contribution in [-0.4, -0.2) is 0 Å². The lowest BCUT2D eigenvalue weighted by Gasteiger charge is -2.14. The number of nitriles is 1. The van der Waals surface area contributed by atoms with Crippen LogP contribution in [0, 0.1) is 39.0 Å². The Hall–Kier alpha value is -1.29. The van der Waals surface area contributed by atoms with Crippen molar-refractivity contribution in [2.45, 2.75) is 53.4 Å². The van der Waals surface area contributed by atoms with E-state index in [4.69, 9.17) is 5.26 Å². The Balaban J connectivity index is 2.83. The standard InChI is InChI=1S/C15H21N/c1-11-10-12(2)14(4)15(13(11)3)8-6-5-7-9-16/h10H,5-8H2,1-4H3. The molecule has 1 rings (SSSR count). The normalized spacial score (nSPS) is 10.2. The Morgan fingerprint density at radius 1 is 1.00 bits per heavy atom. The monoisotopic (exact) mass is 215 g/mol. The summed E-state index contributed by atoms with van der Waals surface area (Å²) < 4.78 is 0. The minimum absolute atomic E-state index is 0.683. The van der Waals surface area contributed by atoms with E-state index in [-0.39, 0.29) is 0 Å². The van der Waals surface area contributed by atoms with E-state index in [1.54, 1.807) is 0 Å². The molecule has 0 aliphatic carbocycles. The summed E-state index contributed by atoms with van der Waals surface area (Å²) >= 11 is 0. The topological polar surface area (TPSA) is 23.8 Å². The van der Waals surface area contributed by atoms with Crippen molar-refractivity contribution in [2.24, 2.45) is 0 Å². The van der Waals surface area contributed by atoms with Crippen molar-refractivity contribution in [3.8, 4) is 6.07 Å². The van der Waals surface area contributed by atoms with Gasteiger partial charge in [0.25, 0.3) is 0 Å². The first-order valence-electron chi connectivity index (χ1n) is 6.01. The molecule has 0 aliphatic heterocycles. The molecule has 0 spiro atoms. The largest absolute Gasteiger partial charge is 0.198 e. The van der Waals surface area contributed by atoms with Gasteiger partial charge >= 0.3 is 0 Å². The van der Waals surface area contributed by atoms with Crippen LogP contribution in [0.2, 0.25) is 0 Å². The van der Waals surface area contributed by atoms with Crippen molar-refractivity contribution in [1.82, 2.24) is 0 Å². The molecule has 16 heavy (non-hydrogen) atoms. The van der Waals surface area contributed by atoms with Crippen molar-refractivity contribution in [3.05, 3.63) is 33.9 Å². The lowest BCUT2D eigenvalue weighted by molar-refractivity contribution is 0.745. The molecule has 0 saturated heterocycles. The molecule has 0 heterocycles. The second-order valence-corrected chi connectivity index (χ2v) is 4.60. The molecule has 0 aliphatic rings. The van der Waals surface area contributed by atoms with E-state index in [0.29, 0.717) is 6.42 Å². The fourth-order valence-electron chi connectivity index (χ4n) is 2.18. The zero-order valence-corrected chi connectivity index (χ0v) is 10.9. The van der Waals surface area contributed by atoms with Gasteiger partial charge in [0, 0.05) is 6.42 Å². The number of hydrogen-bond donors (Lipinski definition) is 0. The molecule has 0 aromatic heterocycles. The maximum absolute atomic E-state index is 8.51. The molecule has 0 amide bonds. The molecule has 86 valence electrons. The van der Waals surface area contributed by atoms with Gasteiger partial charge in [-0.15, -0.1) is 0 Å². The zero-order chi connectivity index (χ0) is 12.1. The second kappa shape index (κ2) is 5.70. The summed E-state index contributed by atoms with van der Waals surface area (Å²) in [5.74, 6) is 0. The van der Waals surface area contributed by atoms with Crippen LogP contribution < -0.4 is 0 Å². The number of benzene rings is 1. The maximum Gasteiger partial charge on any atom is 0.0621 e. The van der Waals surface area contributed by atoms with Gasteiger partial charge in [-0.25, -0.2) is 0 Å². The predicted molar refractivity (Wildman–Crippen MR) is 68.6 cm³/mol. The van der Waals surface area contributed by atoms with Crippen LogP contribution in [0.3, 0.4) is 0 Å². The molecule has 0 unspecified atom stereocenters. The summed E-state index contributed by atoms with van der Waals surface area (Å²) in [5, 5.41) is 8.51. The van der Waals surface area contributed by atoms with Crippen molar-refractivity contribution in [2.75, 3.05) is 0 Å². The first-order valence-corrected chi connectivity index (χ1v) is 6.01. The van der Waals surface area contributed by atoms with E-state index in [1.807, 2.05) is 0 Å². The van der Waals surface area contributed by atoms with Crippen LogP contribution in [0.1, 0.15) is 47.1 Å². The smallest absolute Gasteiger partial charge is 0.0621 e. The fourth-order valence-corrected chi connectivity index (χ4v) is 2.18. The van der Waals surface area contributed by atoms with Gasteiger partial charge in [-0.1, -0.05) is 6.07 Å². The predicted octanol–water partition coefficient (Wildman–Crippen LogP) is 4.16. The highest BCUT2D eigenvalue weighted by molar-refractivity contribution is 5.43. The molecule has 1 aromatic carbocycles. The van der Waals surface area contributed by atoms with Gasteiger partial charge in [0.1, 0.15) is 0 Å². The summed E-state index contributed by atoms with van der Waals surface area (Å²) in [6, 6.07) is 4.47. The molecule has 0 radical (unpaired) electrons. The Morgan fingerprint density at radius 3 is 2.06 bits per heavy atom. The van der Waals surface area contributed by atoms with Gasteiger partial charge in [0.05, 0.1) is 6.07 Å². The van der Waals surface area contributed by atoms with E-state index in [1.165, 1.54) is 27.8 Å². The van der Waals surface area contributed by atoms with Gasteiger partial charge in [0.2, 0.25) is 0 Å². The molecule has 1 nitrogen and oxygen atoms in total. The summed E-state index contributed by atoms with van der Waals surface area (Å²) in [5.41, 5.74) is 7.13. The number of hydrogen-bond acceptors (Lipinski definition) is 1. The Morgan fingerprint density at radius 2 is 1.56 bits per heavy atom. The summed E-state index contributed by atoms with van der Waals surface area (Å²) in [7, 11) is 0. The minimum Gasteiger partial charge on any atom is -0.198 e. The third-order valence-corrected chi connectivity index (χ3v) is 3.49. The quantitative estimate of drug-likeness (QED) is 0.692. The van der Waals surface area contributed by atoms with Crippen molar-refractivity contribution in [1.29, 1.82) is 5.26 Å². The number of nitrogens with zero attached hydrogens (tertiary/aromatic N) is 1. The molecule has 0 bridgehead atoms. The van der Waals surface area contributed by atoms with Crippen LogP contribution in [0.25, 0.3) is 0 Å². The summed E-state index contributed by atoms with van der Waals surface area (Å²) in [6.07, 6.45) is 3.94. The third kappa shape index (κ3) is 2.85. The number of rotatable bonds is 4. The van der Waals surface area contributed by atoms with Crippen LogP contribution >= 0.6 is 0 Å².